The van der Waals surface area contributed by atoms with Gasteiger partial charge in [-0.3, -0.25) is 0 Å². The Morgan fingerprint density at radius 1 is 1.22 bits per heavy atom. The Bertz CT molecular complexity index is 752. The van der Waals surface area contributed by atoms with Crippen LogP contribution in [0.25, 0.3) is 0 Å². The quantitative estimate of drug-likeness (QED) is 0.871. The number of benzene rings is 1. The average molecular weight is 307 g/mol. The lowest BCUT2D eigenvalue weighted by Crippen LogP contribution is -2.23. The Kier molecular flexibility index (Phi) is 3.51. The number of pyridine rings is 1. The molecule has 5 heteroatoms. The van der Waals surface area contributed by atoms with E-state index >= 15 is 0 Å². The predicted octanol–water partition coefficient (Wildman–Crippen LogP) is 3.22. The molecule has 2 aromatic rings. The van der Waals surface area contributed by atoms with Crippen molar-refractivity contribution < 1.29 is 9.47 Å². The lowest BCUT2D eigenvalue weighted by molar-refractivity contribution is 0.174. The highest BCUT2D eigenvalue weighted by Crippen LogP contribution is 2.40. The van der Waals surface area contributed by atoms with Gasteiger partial charge in [-0.25, -0.2) is 4.98 Å². The van der Waals surface area contributed by atoms with Crippen LogP contribution in [0.3, 0.4) is 0 Å². The molecule has 1 aromatic carbocycles. The number of ether oxygens (including phenoxy) is 2. The first-order valence-corrected chi connectivity index (χ1v) is 7.83. The molecule has 116 valence electrons. The molecule has 0 bridgehead atoms. The van der Waals surface area contributed by atoms with Crippen molar-refractivity contribution in [1.82, 2.24) is 4.98 Å². The van der Waals surface area contributed by atoms with Crippen molar-refractivity contribution in [2.24, 2.45) is 0 Å². The van der Waals surface area contributed by atoms with E-state index < -0.39 is 0 Å². The van der Waals surface area contributed by atoms with Crippen LogP contribution in [-0.2, 0) is 6.42 Å². The molecule has 23 heavy (non-hydrogen) atoms. The van der Waals surface area contributed by atoms with E-state index in [9.17, 15) is 0 Å². The topological polar surface area (TPSA) is 58.4 Å². The lowest BCUT2D eigenvalue weighted by atomic mass is 10.0. The van der Waals surface area contributed by atoms with E-state index in [1.807, 2.05) is 18.2 Å². The maximum atomic E-state index is 8.76. The van der Waals surface area contributed by atoms with E-state index in [0.717, 1.165) is 42.3 Å². The molecule has 0 spiro atoms. The van der Waals surface area contributed by atoms with E-state index in [-0.39, 0.29) is 0 Å². The van der Waals surface area contributed by atoms with Gasteiger partial charge in [0.05, 0.1) is 18.5 Å². The molecule has 1 aromatic heterocycles. The van der Waals surface area contributed by atoms with Gasteiger partial charge in [-0.1, -0.05) is 12.1 Å². The predicted molar refractivity (Wildman–Crippen MR) is 85.4 cm³/mol. The van der Waals surface area contributed by atoms with Gasteiger partial charge in [0.1, 0.15) is 5.82 Å². The molecule has 0 amide bonds. The molecule has 0 radical (unpaired) electrons. The Morgan fingerprint density at radius 3 is 2.96 bits per heavy atom. The highest BCUT2D eigenvalue weighted by atomic mass is 16.7. The number of hydrogen-bond donors (Lipinski definition) is 0. The van der Waals surface area contributed by atoms with E-state index in [2.05, 4.69) is 28.1 Å². The molecular weight excluding hydrogens is 290 g/mol. The molecule has 1 fully saturated rings. The van der Waals surface area contributed by atoms with Crippen LogP contribution in [0.1, 0.15) is 30.0 Å². The summed E-state index contributed by atoms with van der Waals surface area (Å²) in [5, 5.41) is 8.76. The fourth-order valence-electron chi connectivity index (χ4n) is 3.29. The summed E-state index contributed by atoms with van der Waals surface area (Å²) >= 11 is 0. The smallest absolute Gasteiger partial charge is 0.231 e. The molecule has 2 aliphatic heterocycles. The van der Waals surface area contributed by atoms with Gasteiger partial charge >= 0.3 is 0 Å². The third kappa shape index (κ3) is 2.57. The number of nitrogens with zero attached hydrogens (tertiary/aromatic N) is 3. The average Bonchev–Trinajstić information content (AvgIpc) is 3.24. The zero-order valence-electron chi connectivity index (χ0n) is 12.7. The van der Waals surface area contributed by atoms with E-state index in [1.54, 1.807) is 6.20 Å². The standard InChI is InChI=1S/C18H17N3O2/c19-8-7-13-3-6-18(20-11-13)21-9-1-2-15(21)14-4-5-16-17(10-14)23-12-22-16/h3-6,10-11,15H,1-2,7,9,12H2. The molecule has 0 saturated carbocycles. The Labute approximate surface area is 135 Å². The van der Waals surface area contributed by atoms with Crippen LogP contribution in [0.5, 0.6) is 11.5 Å². The molecule has 1 saturated heterocycles. The van der Waals surface area contributed by atoms with Crippen LogP contribution in [-0.4, -0.2) is 18.3 Å². The molecule has 4 rings (SSSR count). The fourth-order valence-corrected chi connectivity index (χ4v) is 3.29. The molecule has 1 unspecified atom stereocenters. The normalized spacial score (nSPS) is 18.9. The van der Waals surface area contributed by atoms with Crippen LogP contribution in [0.4, 0.5) is 5.82 Å². The monoisotopic (exact) mass is 307 g/mol. The maximum absolute atomic E-state index is 8.76. The second-order valence-electron chi connectivity index (χ2n) is 5.82. The summed E-state index contributed by atoms with van der Waals surface area (Å²) in [4.78, 5) is 6.87. The minimum Gasteiger partial charge on any atom is -0.454 e. The first-order chi connectivity index (χ1) is 11.3. The number of hydrogen-bond acceptors (Lipinski definition) is 5. The van der Waals surface area contributed by atoms with Crippen molar-refractivity contribution in [3.63, 3.8) is 0 Å². The maximum Gasteiger partial charge on any atom is 0.231 e. The van der Waals surface area contributed by atoms with Crippen LogP contribution < -0.4 is 14.4 Å². The van der Waals surface area contributed by atoms with Crippen molar-refractivity contribution in [1.29, 1.82) is 5.26 Å². The summed E-state index contributed by atoms with van der Waals surface area (Å²) in [6, 6.07) is 12.6. The Hall–Kier alpha value is -2.74. The largest absolute Gasteiger partial charge is 0.454 e. The van der Waals surface area contributed by atoms with Crippen LogP contribution in [0, 0.1) is 11.3 Å². The van der Waals surface area contributed by atoms with Gasteiger partial charge in [-0.2, -0.15) is 5.26 Å². The van der Waals surface area contributed by atoms with E-state index in [4.69, 9.17) is 14.7 Å². The summed E-state index contributed by atoms with van der Waals surface area (Å²) in [6.45, 7) is 1.29. The molecule has 1 atom stereocenters. The number of nitriles is 1. The van der Waals surface area contributed by atoms with Gasteiger partial charge in [0, 0.05) is 12.7 Å². The molecule has 5 nitrogen and oxygen atoms in total. The summed E-state index contributed by atoms with van der Waals surface area (Å²) in [7, 11) is 0. The molecule has 2 aliphatic rings. The van der Waals surface area contributed by atoms with Gasteiger partial charge in [0.2, 0.25) is 6.79 Å². The summed E-state index contributed by atoms with van der Waals surface area (Å²) in [5.41, 5.74) is 2.18. The summed E-state index contributed by atoms with van der Waals surface area (Å²) in [5.74, 6) is 2.61. The minimum atomic E-state index is 0.301. The van der Waals surface area contributed by atoms with Crippen molar-refractivity contribution in [3.05, 3.63) is 47.7 Å². The zero-order chi connectivity index (χ0) is 15.6. The van der Waals surface area contributed by atoms with Crippen LogP contribution in [0.2, 0.25) is 0 Å². The van der Waals surface area contributed by atoms with Crippen molar-refractivity contribution >= 4 is 5.82 Å². The minimum absolute atomic E-state index is 0.301. The fraction of sp³-hybridized carbons (Fsp3) is 0.333. The highest BCUT2D eigenvalue weighted by molar-refractivity contribution is 5.50. The van der Waals surface area contributed by atoms with Crippen molar-refractivity contribution in [3.8, 4) is 17.6 Å². The second kappa shape index (κ2) is 5.81. The molecule has 0 aliphatic carbocycles. The van der Waals surface area contributed by atoms with Crippen LogP contribution in [0.15, 0.2) is 36.5 Å². The Morgan fingerprint density at radius 2 is 2.13 bits per heavy atom. The number of rotatable bonds is 3. The van der Waals surface area contributed by atoms with E-state index in [1.165, 1.54) is 5.56 Å². The van der Waals surface area contributed by atoms with Crippen molar-refractivity contribution in [2.45, 2.75) is 25.3 Å². The van der Waals surface area contributed by atoms with Gasteiger partial charge in [-0.15, -0.1) is 0 Å². The second-order valence-corrected chi connectivity index (χ2v) is 5.82. The summed E-state index contributed by atoms with van der Waals surface area (Å²) in [6.07, 6.45) is 4.44. The third-order valence-electron chi connectivity index (χ3n) is 4.42. The SMILES string of the molecule is N#CCc1ccc(N2CCCC2c2ccc3c(c2)OCO3)nc1. The molecule has 3 heterocycles. The van der Waals surface area contributed by atoms with Crippen molar-refractivity contribution in [2.75, 3.05) is 18.2 Å². The third-order valence-corrected chi connectivity index (χ3v) is 4.42. The Balaban J connectivity index is 1.60. The first kappa shape index (κ1) is 13.9. The van der Waals surface area contributed by atoms with Gasteiger partial charge in [0.25, 0.3) is 0 Å². The summed E-state index contributed by atoms with van der Waals surface area (Å²) < 4.78 is 10.9. The van der Waals surface area contributed by atoms with E-state index in [0.29, 0.717) is 19.3 Å². The van der Waals surface area contributed by atoms with Gasteiger partial charge in [0.15, 0.2) is 11.5 Å². The first-order valence-electron chi connectivity index (χ1n) is 7.83. The lowest BCUT2D eigenvalue weighted by Gasteiger charge is -2.26. The molecular formula is C18H17N3O2. The zero-order valence-corrected chi connectivity index (χ0v) is 12.7. The molecule has 0 N–H and O–H groups in total. The number of fused-ring (bicyclic) bond motifs is 1. The highest BCUT2D eigenvalue weighted by Gasteiger charge is 2.28. The number of aromatic nitrogens is 1. The van der Waals surface area contributed by atoms with Gasteiger partial charge < -0.3 is 14.4 Å². The van der Waals surface area contributed by atoms with Gasteiger partial charge in [-0.05, 0) is 42.2 Å². The number of anilines is 1. The van der Waals surface area contributed by atoms with Crippen LogP contribution >= 0.6 is 0 Å².